The van der Waals surface area contributed by atoms with E-state index in [0.29, 0.717) is 32.5 Å². The molecule has 8 atom stereocenters. The zero-order chi connectivity index (χ0) is 26.0. The number of carboxylic acids is 1. The Morgan fingerprint density at radius 2 is 1.74 bits per heavy atom. The molecule has 0 radical (unpaired) electrons. The van der Waals surface area contributed by atoms with Crippen LogP contribution in [-0.4, -0.2) is 82.2 Å². The minimum Gasteiger partial charge on any atom is -0.481 e. The largest absolute Gasteiger partial charge is 0.481 e. The Balaban J connectivity index is 1.68. The van der Waals surface area contributed by atoms with Crippen LogP contribution in [0.4, 0.5) is 0 Å². The van der Waals surface area contributed by atoms with Crippen LogP contribution in [-0.2, 0) is 23.8 Å². The molecule has 0 spiro atoms. The smallest absolute Gasteiger partial charge is 0.330 e. The van der Waals surface area contributed by atoms with E-state index in [4.69, 9.17) is 19.3 Å². The number of esters is 1. The van der Waals surface area contributed by atoms with Gasteiger partial charge in [0, 0.05) is 24.3 Å². The Labute approximate surface area is 208 Å². The molecule has 2 heterocycles. The number of hydrogen-bond donors (Lipinski definition) is 4. The van der Waals surface area contributed by atoms with Gasteiger partial charge >= 0.3 is 11.9 Å². The van der Waals surface area contributed by atoms with Crippen LogP contribution in [0.5, 0.6) is 0 Å². The number of hydrogen-bond acceptors (Lipinski definition) is 8. The number of rotatable bonds is 15. The lowest BCUT2D eigenvalue weighted by molar-refractivity contribution is -0.170. The number of carbonyl (C=O) groups excluding carboxylic acids is 1. The van der Waals surface area contributed by atoms with Crippen LogP contribution in [0.2, 0.25) is 0 Å². The molecule has 0 aromatic rings. The van der Waals surface area contributed by atoms with Gasteiger partial charge in [0.15, 0.2) is 0 Å². The summed E-state index contributed by atoms with van der Waals surface area (Å²) >= 11 is 0. The fraction of sp³-hybridized carbons (Fsp3) is 0.846. The third-order valence-corrected chi connectivity index (χ3v) is 7.17. The van der Waals surface area contributed by atoms with E-state index in [1.165, 1.54) is 6.08 Å². The van der Waals surface area contributed by atoms with E-state index in [1.54, 1.807) is 20.8 Å². The van der Waals surface area contributed by atoms with E-state index in [2.05, 4.69) is 0 Å². The van der Waals surface area contributed by atoms with Crippen molar-refractivity contribution in [1.82, 2.24) is 0 Å². The monoisotopic (exact) mass is 500 g/mol. The molecule has 0 unspecified atom stereocenters. The van der Waals surface area contributed by atoms with Crippen molar-refractivity contribution >= 4 is 11.9 Å². The second-order valence-corrected chi connectivity index (χ2v) is 10.2. The molecular weight excluding hydrogens is 456 g/mol. The Bertz CT molecular complexity index is 692. The number of aliphatic hydroxyl groups is 3. The zero-order valence-electron chi connectivity index (χ0n) is 21.3. The van der Waals surface area contributed by atoms with Crippen molar-refractivity contribution in [2.45, 2.75) is 115 Å². The third-order valence-electron chi connectivity index (χ3n) is 7.17. The summed E-state index contributed by atoms with van der Waals surface area (Å²) < 4.78 is 17.1. The quantitative estimate of drug-likeness (QED) is 0.152. The summed E-state index contributed by atoms with van der Waals surface area (Å²) in [6.45, 7) is 5.96. The summed E-state index contributed by atoms with van der Waals surface area (Å²) in [5.74, 6) is -1.53. The highest BCUT2D eigenvalue weighted by Gasteiger charge is 2.48. The molecule has 2 rings (SSSR count). The molecule has 0 amide bonds. The number of carbonyl (C=O) groups is 2. The fourth-order valence-electron chi connectivity index (χ4n) is 4.78. The van der Waals surface area contributed by atoms with E-state index in [9.17, 15) is 24.9 Å². The SMILES string of the molecule is C/C(=C\C(=O)OCCCCCCCCC(=O)O)C[C@@H]1OC[C@@H]2C[C@@H]([C@H](O)[C@@H](C)[C@H](C)O)O[C@H]2[C@H]1O. The first-order valence-electron chi connectivity index (χ1n) is 13.0. The van der Waals surface area contributed by atoms with Crippen LogP contribution in [0.3, 0.4) is 0 Å². The van der Waals surface area contributed by atoms with Crippen molar-refractivity contribution in [1.29, 1.82) is 0 Å². The number of unbranched alkanes of at least 4 members (excludes halogenated alkanes) is 5. The standard InChI is InChI=1S/C26H44O9/c1-16(13-23(30)33-11-9-7-5-4-6-8-10-22(28)29)12-20-25(32)26-19(15-34-20)14-21(35-26)24(31)17(2)18(3)27/h13,17-21,24-27,31-32H,4-12,14-15H2,1-3H3,(H,28,29)/b16-13+/t17-,18-,19-,20-,21-,24+,25-,26+/m0/s1. The highest BCUT2D eigenvalue weighted by Crippen LogP contribution is 2.38. The summed E-state index contributed by atoms with van der Waals surface area (Å²) in [6.07, 6.45) is 4.09. The van der Waals surface area contributed by atoms with Gasteiger partial charge in [-0.15, -0.1) is 0 Å². The van der Waals surface area contributed by atoms with Crippen molar-refractivity contribution in [3.05, 3.63) is 11.6 Å². The van der Waals surface area contributed by atoms with Crippen molar-refractivity contribution in [3.63, 3.8) is 0 Å². The van der Waals surface area contributed by atoms with E-state index in [-0.39, 0.29) is 18.3 Å². The molecule has 202 valence electrons. The van der Waals surface area contributed by atoms with Gasteiger partial charge in [-0.25, -0.2) is 4.79 Å². The molecule has 9 heteroatoms. The molecule has 0 aromatic carbocycles. The maximum atomic E-state index is 12.1. The summed E-state index contributed by atoms with van der Waals surface area (Å²) in [5, 5.41) is 39.7. The maximum Gasteiger partial charge on any atom is 0.330 e. The number of ether oxygens (including phenoxy) is 3. The van der Waals surface area contributed by atoms with Gasteiger partial charge in [0.1, 0.15) is 6.10 Å². The predicted molar refractivity (Wildman–Crippen MR) is 129 cm³/mol. The van der Waals surface area contributed by atoms with Crippen molar-refractivity contribution < 1.29 is 44.2 Å². The second-order valence-electron chi connectivity index (χ2n) is 10.2. The van der Waals surface area contributed by atoms with E-state index in [1.807, 2.05) is 0 Å². The Hall–Kier alpha value is -1.52. The summed E-state index contributed by atoms with van der Waals surface area (Å²) in [4.78, 5) is 22.6. The molecule has 2 aliphatic rings. The lowest BCUT2D eigenvalue weighted by atomic mass is 9.87. The first-order chi connectivity index (χ1) is 16.6. The van der Waals surface area contributed by atoms with Gasteiger partial charge in [0.05, 0.1) is 43.7 Å². The normalized spacial score (nSPS) is 29.3. The number of carboxylic acid groups (broad SMARTS) is 1. The molecule has 0 aromatic heterocycles. The fourth-order valence-corrected chi connectivity index (χ4v) is 4.78. The lowest BCUT2D eigenvalue weighted by Crippen LogP contribution is -2.48. The summed E-state index contributed by atoms with van der Waals surface area (Å²) in [6, 6.07) is 0. The van der Waals surface area contributed by atoms with Crippen LogP contribution < -0.4 is 0 Å². The molecule has 0 bridgehead atoms. The highest BCUT2D eigenvalue weighted by molar-refractivity contribution is 5.82. The number of fused-ring (bicyclic) bond motifs is 1. The maximum absolute atomic E-state index is 12.1. The van der Waals surface area contributed by atoms with Gasteiger partial charge in [-0.3, -0.25) is 4.79 Å². The van der Waals surface area contributed by atoms with Gasteiger partial charge in [0.25, 0.3) is 0 Å². The number of aliphatic hydroxyl groups excluding tert-OH is 3. The van der Waals surface area contributed by atoms with Crippen molar-refractivity contribution in [2.75, 3.05) is 13.2 Å². The Morgan fingerprint density at radius 1 is 1.09 bits per heavy atom. The third kappa shape index (κ3) is 9.80. The molecule has 0 saturated carbocycles. The van der Waals surface area contributed by atoms with Gasteiger partial charge in [-0.2, -0.15) is 0 Å². The van der Waals surface area contributed by atoms with E-state index < -0.39 is 48.6 Å². The minimum atomic E-state index is -0.873. The summed E-state index contributed by atoms with van der Waals surface area (Å²) in [7, 11) is 0. The Morgan fingerprint density at radius 3 is 2.40 bits per heavy atom. The van der Waals surface area contributed by atoms with Gasteiger partial charge < -0.3 is 34.6 Å². The van der Waals surface area contributed by atoms with Crippen LogP contribution >= 0.6 is 0 Å². The molecule has 2 saturated heterocycles. The molecule has 2 fully saturated rings. The van der Waals surface area contributed by atoms with E-state index in [0.717, 1.165) is 37.7 Å². The van der Waals surface area contributed by atoms with E-state index >= 15 is 0 Å². The number of aliphatic carboxylic acids is 1. The van der Waals surface area contributed by atoms with Gasteiger partial charge in [-0.1, -0.05) is 38.2 Å². The first kappa shape index (κ1) is 29.7. The Kier molecular flexibility index (Phi) is 12.6. The topological polar surface area (TPSA) is 143 Å². The first-order valence-corrected chi connectivity index (χ1v) is 13.0. The van der Waals surface area contributed by atoms with Crippen molar-refractivity contribution in [3.8, 4) is 0 Å². The van der Waals surface area contributed by atoms with Crippen molar-refractivity contribution in [2.24, 2.45) is 11.8 Å². The van der Waals surface area contributed by atoms with Crippen LogP contribution in [0, 0.1) is 11.8 Å². The zero-order valence-corrected chi connectivity index (χ0v) is 21.3. The average molecular weight is 501 g/mol. The van der Waals surface area contributed by atoms with Crippen LogP contribution in [0.15, 0.2) is 11.6 Å². The lowest BCUT2D eigenvalue weighted by Gasteiger charge is -2.36. The second kappa shape index (κ2) is 14.9. The minimum absolute atomic E-state index is 0.0199. The van der Waals surface area contributed by atoms with Crippen LogP contribution in [0.1, 0.15) is 78.6 Å². The molecule has 9 nitrogen and oxygen atoms in total. The summed E-state index contributed by atoms with van der Waals surface area (Å²) in [5.41, 5.74) is 0.744. The predicted octanol–water partition coefficient (Wildman–Crippen LogP) is 2.59. The van der Waals surface area contributed by atoms with Crippen LogP contribution in [0.25, 0.3) is 0 Å². The molecule has 35 heavy (non-hydrogen) atoms. The van der Waals surface area contributed by atoms with Gasteiger partial charge in [0.2, 0.25) is 0 Å². The molecular formula is C26H44O9. The highest BCUT2D eigenvalue weighted by atomic mass is 16.6. The molecule has 2 aliphatic heterocycles. The average Bonchev–Trinajstić information content (AvgIpc) is 3.23. The van der Waals surface area contributed by atoms with Gasteiger partial charge in [-0.05, 0) is 39.5 Å². The molecule has 4 N–H and O–H groups in total. The molecule has 0 aliphatic carbocycles.